The second kappa shape index (κ2) is 10.00. The summed E-state index contributed by atoms with van der Waals surface area (Å²) in [5, 5.41) is 4.93. The molecule has 2 aromatic carbocycles. The summed E-state index contributed by atoms with van der Waals surface area (Å²) in [5.74, 6) is -0.952. The number of alkyl halides is 3. The van der Waals surface area contributed by atoms with Gasteiger partial charge in [-0.15, -0.1) is 11.8 Å². The summed E-state index contributed by atoms with van der Waals surface area (Å²) >= 11 is 7.11. The lowest BCUT2D eigenvalue weighted by atomic mass is 10.1. The molecule has 0 aliphatic heterocycles. The van der Waals surface area contributed by atoms with Crippen molar-refractivity contribution in [3.63, 3.8) is 0 Å². The average Bonchev–Trinajstić information content (AvgIpc) is 2.62. The molecule has 3 N–H and O–H groups in total. The largest absolute Gasteiger partial charge is 0.418 e. The van der Waals surface area contributed by atoms with E-state index in [1.54, 1.807) is 19.2 Å². The third-order valence-electron chi connectivity index (χ3n) is 3.87. The third kappa shape index (κ3) is 6.95. The summed E-state index contributed by atoms with van der Waals surface area (Å²) in [7, 11) is 1.60. The Labute approximate surface area is 175 Å². The number of carbonyl (C=O) groups excluding carboxylic acids is 2. The van der Waals surface area contributed by atoms with Gasteiger partial charge in [0, 0.05) is 9.92 Å². The minimum absolute atomic E-state index is 0.0249. The van der Waals surface area contributed by atoms with Gasteiger partial charge in [-0.25, -0.2) is 0 Å². The maximum Gasteiger partial charge on any atom is 0.418 e. The summed E-state index contributed by atoms with van der Waals surface area (Å²) in [4.78, 5) is 25.8. The zero-order valence-corrected chi connectivity index (χ0v) is 17.3. The molecule has 1 unspecified atom stereocenters. The quantitative estimate of drug-likeness (QED) is 0.572. The molecule has 5 nitrogen and oxygen atoms in total. The van der Waals surface area contributed by atoms with Crippen LogP contribution in [-0.4, -0.2) is 38.2 Å². The van der Waals surface area contributed by atoms with Crippen LogP contribution in [0.3, 0.4) is 0 Å². The van der Waals surface area contributed by atoms with E-state index < -0.39 is 17.6 Å². The van der Waals surface area contributed by atoms with Crippen molar-refractivity contribution >= 4 is 46.6 Å². The Morgan fingerprint density at radius 1 is 1.03 bits per heavy atom. The number of benzene rings is 2. The zero-order valence-electron chi connectivity index (χ0n) is 15.7. The number of amides is 2. The standard InChI is InChI=1S/C19H19ClF3N3O2S/c1-26(11-18(28)25-15-5-3-4-6-16(15)29-2)10-17(27)24-14-8-7-12(20)9-13(14)19(21,22)23/h3-9H,10-11H2,1-2H3,(H,24,27)(H,25,28)/p+1. The van der Waals surface area contributed by atoms with Gasteiger partial charge in [0.1, 0.15) is 0 Å². The van der Waals surface area contributed by atoms with Gasteiger partial charge in [-0.05, 0) is 36.6 Å². The Hall–Kier alpha value is -2.23. The van der Waals surface area contributed by atoms with Crippen LogP contribution >= 0.6 is 23.4 Å². The highest BCUT2D eigenvalue weighted by atomic mass is 35.5. The molecule has 156 valence electrons. The molecule has 0 saturated heterocycles. The lowest BCUT2D eigenvalue weighted by molar-refractivity contribution is -0.862. The molecule has 0 heterocycles. The van der Waals surface area contributed by atoms with Gasteiger partial charge in [0.2, 0.25) is 0 Å². The summed E-state index contributed by atoms with van der Waals surface area (Å²) in [6.45, 7) is -0.208. The van der Waals surface area contributed by atoms with E-state index in [1.165, 1.54) is 17.8 Å². The van der Waals surface area contributed by atoms with Crippen molar-refractivity contribution in [2.75, 3.05) is 37.0 Å². The Bertz CT molecular complexity index is 893. The number of thioether (sulfide) groups is 1. The molecule has 0 aliphatic rings. The van der Waals surface area contributed by atoms with E-state index in [4.69, 9.17) is 11.6 Å². The number of nitrogens with one attached hydrogen (secondary N) is 3. The first kappa shape index (κ1) is 23.1. The molecule has 0 saturated carbocycles. The Morgan fingerprint density at radius 3 is 2.21 bits per heavy atom. The fraction of sp³-hybridized carbons (Fsp3) is 0.263. The van der Waals surface area contributed by atoms with Gasteiger partial charge in [0.25, 0.3) is 11.8 Å². The van der Waals surface area contributed by atoms with Crippen molar-refractivity contribution in [3.8, 4) is 0 Å². The van der Waals surface area contributed by atoms with Gasteiger partial charge >= 0.3 is 6.18 Å². The summed E-state index contributed by atoms with van der Waals surface area (Å²) in [5.41, 5.74) is -0.737. The molecule has 0 aromatic heterocycles. The van der Waals surface area contributed by atoms with Crippen LogP contribution in [0, 0.1) is 0 Å². The first-order chi connectivity index (χ1) is 13.6. The minimum Gasteiger partial charge on any atom is -0.322 e. The number of hydrogen-bond acceptors (Lipinski definition) is 3. The van der Waals surface area contributed by atoms with Crippen molar-refractivity contribution < 1.29 is 27.7 Å². The monoisotopic (exact) mass is 446 g/mol. The lowest BCUT2D eigenvalue weighted by Gasteiger charge is -2.17. The molecule has 2 aromatic rings. The number of para-hydroxylation sites is 1. The first-order valence-electron chi connectivity index (χ1n) is 8.51. The highest BCUT2D eigenvalue weighted by Crippen LogP contribution is 2.36. The van der Waals surface area contributed by atoms with Crippen LogP contribution in [0.4, 0.5) is 24.5 Å². The van der Waals surface area contributed by atoms with E-state index in [2.05, 4.69) is 10.6 Å². The number of quaternary nitrogens is 1. The number of halogens is 4. The molecule has 2 amide bonds. The molecule has 0 aliphatic carbocycles. The maximum absolute atomic E-state index is 13.1. The molecule has 29 heavy (non-hydrogen) atoms. The van der Waals surface area contributed by atoms with Crippen LogP contribution in [0.2, 0.25) is 5.02 Å². The van der Waals surface area contributed by atoms with E-state index in [1.807, 2.05) is 18.4 Å². The molecule has 1 atom stereocenters. The summed E-state index contributed by atoms with van der Waals surface area (Å²) < 4.78 is 39.3. The molecule has 0 spiro atoms. The van der Waals surface area contributed by atoms with E-state index >= 15 is 0 Å². The van der Waals surface area contributed by atoms with Gasteiger partial charge in [-0.2, -0.15) is 13.2 Å². The fourth-order valence-corrected chi connectivity index (χ4v) is 3.33. The highest BCUT2D eigenvalue weighted by Gasteiger charge is 2.34. The highest BCUT2D eigenvalue weighted by molar-refractivity contribution is 7.98. The van der Waals surface area contributed by atoms with Crippen LogP contribution in [0.1, 0.15) is 5.56 Å². The Balaban J connectivity index is 1.95. The summed E-state index contributed by atoms with van der Waals surface area (Å²) in [6, 6.07) is 10.4. The lowest BCUT2D eigenvalue weighted by Crippen LogP contribution is -3.11. The second-order valence-corrected chi connectivity index (χ2v) is 7.58. The van der Waals surface area contributed by atoms with Gasteiger partial charge in [0.05, 0.1) is 24.0 Å². The predicted octanol–water partition coefficient (Wildman–Crippen LogP) is 3.17. The van der Waals surface area contributed by atoms with Crippen LogP contribution in [-0.2, 0) is 15.8 Å². The van der Waals surface area contributed by atoms with Crippen LogP contribution in [0.5, 0.6) is 0 Å². The molecule has 0 radical (unpaired) electrons. The van der Waals surface area contributed by atoms with Gasteiger partial charge in [-0.1, -0.05) is 23.7 Å². The molecular formula is C19H20ClF3N3O2S+. The topological polar surface area (TPSA) is 62.6 Å². The zero-order chi connectivity index (χ0) is 21.6. The molecule has 0 bridgehead atoms. The predicted molar refractivity (Wildman–Crippen MR) is 109 cm³/mol. The van der Waals surface area contributed by atoms with Crippen LogP contribution < -0.4 is 15.5 Å². The fourth-order valence-electron chi connectivity index (χ4n) is 2.61. The Kier molecular flexibility index (Phi) is 7.95. The van der Waals surface area contributed by atoms with Gasteiger partial charge in [0.15, 0.2) is 13.1 Å². The Morgan fingerprint density at radius 2 is 1.62 bits per heavy atom. The molecule has 0 fully saturated rings. The normalized spacial score (nSPS) is 12.3. The van der Waals surface area contributed by atoms with E-state index in [0.29, 0.717) is 10.6 Å². The third-order valence-corrected chi connectivity index (χ3v) is 4.90. The van der Waals surface area contributed by atoms with Crippen molar-refractivity contribution in [3.05, 3.63) is 53.1 Å². The minimum atomic E-state index is -4.66. The number of hydrogen-bond donors (Lipinski definition) is 3. The van der Waals surface area contributed by atoms with E-state index in [9.17, 15) is 22.8 Å². The van der Waals surface area contributed by atoms with Gasteiger partial charge in [-0.3, -0.25) is 9.59 Å². The van der Waals surface area contributed by atoms with E-state index in [-0.39, 0.29) is 29.7 Å². The smallest absolute Gasteiger partial charge is 0.322 e. The van der Waals surface area contributed by atoms with Gasteiger partial charge < -0.3 is 15.5 Å². The molecule has 10 heteroatoms. The second-order valence-electron chi connectivity index (χ2n) is 6.29. The van der Waals surface area contributed by atoms with Crippen molar-refractivity contribution in [1.82, 2.24) is 0 Å². The number of anilines is 2. The summed E-state index contributed by atoms with van der Waals surface area (Å²) in [6.07, 6.45) is -2.77. The van der Waals surface area contributed by atoms with Crippen LogP contribution in [0.25, 0.3) is 0 Å². The molecular weight excluding hydrogens is 427 g/mol. The van der Waals surface area contributed by atoms with Crippen molar-refractivity contribution in [2.45, 2.75) is 11.1 Å². The number of likely N-dealkylation sites (N-methyl/N-ethyl adjacent to an activating group) is 1. The maximum atomic E-state index is 13.1. The SMILES string of the molecule is CSc1ccccc1NC(=O)C[NH+](C)CC(=O)Nc1ccc(Cl)cc1C(F)(F)F. The van der Waals surface area contributed by atoms with Crippen LogP contribution in [0.15, 0.2) is 47.4 Å². The van der Waals surface area contributed by atoms with Crippen molar-refractivity contribution in [2.24, 2.45) is 0 Å². The molecule has 2 rings (SSSR count). The number of rotatable bonds is 7. The number of carbonyl (C=O) groups is 2. The average molecular weight is 447 g/mol. The van der Waals surface area contributed by atoms with Crippen molar-refractivity contribution in [1.29, 1.82) is 0 Å². The first-order valence-corrected chi connectivity index (χ1v) is 10.1. The van der Waals surface area contributed by atoms with E-state index in [0.717, 1.165) is 17.0 Å².